The minimum atomic E-state index is -1.14. The second-order valence-corrected chi connectivity index (χ2v) is 9.62. The Hall–Kier alpha value is -0.553. The molecule has 0 N–H and O–H groups in total. The standard InChI is InChI=1S/C12H23NSi/c1-12(2)13-10-8-6-7-9-11-14(3,4)5/h10,12H,6-8H2,1-5H3. The highest BCUT2D eigenvalue weighted by Crippen LogP contribution is 1.98. The Kier molecular flexibility index (Phi) is 6.57. The first-order chi connectivity index (χ1) is 6.42. The molecular weight excluding hydrogens is 186 g/mol. The fraction of sp³-hybridized carbons (Fsp3) is 0.750. The number of hydrogen-bond donors (Lipinski definition) is 0. The Morgan fingerprint density at radius 2 is 1.93 bits per heavy atom. The van der Waals surface area contributed by atoms with Crippen LogP contribution in [0.1, 0.15) is 33.1 Å². The van der Waals surface area contributed by atoms with E-state index in [0.29, 0.717) is 6.04 Å². The molecular formula is C12H23NSi. The van der Waals surface area contributed by atoms with Crippen molar-refractivity contribution in [2.24, 2.45) is 4.99 Å². The lowest BCUT2D eigenvalue weighted by atomic mass is 10.2. The minimum absolute atomic E-state index is 0.433. The predicted octanol–water partition coefficient (Wildman–Crippen LogP) is 3.52. The normalized spacial score (nSPS) is 11.9. The van der Waals surface area contributed by atoms with Gasteiger partial charge in [-0.3, -0.25) is 4.99 Å². The zero-order chi connectivity index (χ0) is 11.0. The van der Waals surface area contributed by atoms with E-state index in [0.717, 1.165) is 19.3 Å². The molecule has 0 aromatic carbocycles. The molecule has 0 aliphatic rings. The van der Waals surface area contributed by atoms with E-state index in [9.17, 15) is 0 Å². The molecule has 14 heavy (non-hydrogen) atoms. The van der Waals surface area contributed by atoms with E-state index in [1.165, 1.54) is 0 Å². The summed E-state index contributed by atoms with van der Waals surface area (Å²) in [4.78, 5) is 4.31. The summed E-state index contributed by atoms with van der Waals surface area (Å²) >= 11 is 0. The molecule has 0 atom stereocenters. The van der Waals surface area contributed by atoms with Gasteiger partial charge in [0.25, 0.3) is 0 Å². The lowest BCUT2D eigenvalue weighted by Gasteiger charge is -2.02. The molecule has 1 nitrogen and oxygen atoms in total. The first kappa shape index (κ1) is 13.4. The van der Waals surface area contributed by atoms with Crippen molar-refractivity contribution in [3.8, 4) is 11.5 Å². The van der Waals surface area contributed by atoms with Crippen molar-refractivity contribution in [1.82, 2.24) is 0 Å². The molecule has 0 saturated carbocycles. The molecule has 0 heterocycles. The fourth-order valence-electron chi connectivity index (χ4n) is 0.895. The van der Waals surface area contributed by atoms with Gasteiger partial charge in [-0.05, 0) is 32.9 Å². The van der Waals surface area contributed by atoms with Gasteiger partial charge in [-0.25, -0.2) is 0 Å². The summed E-state index contributed by atoms with van der Waals surface area (Å²) in [7, 11) is -1.14. The van der Waals surface area contributed by atoms with Gasteiger partial charge in [-0.2, -0.15) is 0 Å². The molecule has 0 aromatic heterocycles. The monoisotopic (exact) mass is 209 g/mol. The Labute approximate surface area is 90.0 Å². The number of aliphatic imine (C=N–C) groups is 1. The summed E-state index contributed by atoms with van der Waals surface area (Å²) in [5, 5.41) is 0. The molecule has 2 heteroatoms. The highest BCUT2D eigenvalue weighted by Gasteiger charge is 2.06. The van der Waals surface area contributed by atoms with Crippen LogP contribution in [0.25, 0.3) is 0 Å². The van der Waals surface area contributed by atoms with E-state index in [4.69, 9.17) is 0 Å². The molecule has 0 fully saturated rings. The minimum Gasteiger partial charge on any atom is -0.295 e. The van der Waals surface area contributed by atoms with Crippen LogP contribution in [0.5, 0.6) is 0 Å². The summed E-state index contributed by atoms with van der Waals surface area (Å²) in [6.45, 7) is 11.0. The van der Waals surface area contributed by atoms with Crippen LogP contribution < -0.4 is 0 Å². The highest BCUT2D eigenvalue weighted by molar-refractivity contribution is 6.83. The number of hydrogen-bond acceptors (Lipinski definition) is 1. The number of rotatable bonds is 4. The van der Waals surface area contributed by atoms with Gasteiger partial charge in [0.05, 0.1) is 0 Å². The van der Waals surface area contributed by atoms with Crippen LogP contribution >= 0.6 is 0 Å². The van der Waals surface area contributed by atoms with Gasteiger partial charge in [0.2, 0.25) is 0 Å². The first-order valence-electron chi connectivity index (χ1n) is 5.43. The van der Waals surface area contributed by atoms with Crippen LogP contribution in [-0.2, 0) is 0 Å². The number of unbranched alkanes of at least 4 members (excludes halogenated alkanes) is 2. The largest absolute Gasteiger partial charge is 0.295 e. The molecule has 0 aromatic rings. The van der Waals surface area contributed by atoms with Gasteiger partial charge in [0.15, 0.2) is 0 Å². The number of nitrogens with zero attached hydrogens (tertiary/aromatic N) is 1. The zero-order valence-corrected chi connectivity index (χ0v) is 11.2. The third-order valence-electron chi connectivity index (χ3n) is 1.50. The molecule has 0 aliphatic carbocycles. The lowest BCUT2D eigenvalue weighted by Crippen LogP contribution is -2.16. The summed E-state index contributed by atoms with van der Waals surface area (Å²) in [5.41, 5.74) is 3.37. The van der Waals surface area contributed by atoms with Crippen molar-refractivity contribution in [1.29, 1.82) is 0 Å². The van der Waals surface area contributed by atoms with Crippen LogP contribution in [0, 0.1) is 11.5 Å². The van der Waals surface area contributed by atoms with Crippen molar-refractivity contribution >= 4 is 14.3 Å². The van der Waals surface area contributed by atoms with Gasteiger partial charge in [-0.1, -0.05) is 19.6 Å². The summed E-state index contributed by atoms with van der Waals surface area (Å²) < 4.78 is 0. The maximum Gasteiger partial charge on any atom is 0.129 e. The van der Waals surface area contributed by atoms with Gasteiger partial charge in [-0.15, -0.1) is 11.5 Å². The third kappa shape index (κ3) is 11.4. The SMILES string of the molecule is CC(C)N=CCCCC#C[Si](C)(C)C. The van der Waals surface area contributed by atoms with E-state index in [1.54, 1.807) is 0 Å². The van der Waals surface area contributed by atoms with E-state index in [2.05, 4.69) is 49.9 Å². The van der Waals surface area contributed by atoms with Crippen molar-refractivity contribution in [2.45, 2.75) is 58.8 Å². The molecule has 0 radical (unpaired) electrons. The lowest BCUT2D eigenvalue weighted by molar-refractivity contribution is 0.827. The molecule has 0 saturated heterocycles. The van der Waals surface area contributed by atoms with E-state index < -0.39 is 8.07 Å². The fourth-order valence-corrected chi connectivity index (χ4v) is 1.55. The Bertz CT molecular complexity index is 225. The van der Waals surface area contributed by atoms with Crippen LogP contribution in [0.15, 0.2) is 4.99 Å². The van der Waals surface area contributed by atoms with Gasteiger partial charge >= 0.3 is 0 Å². The summed E-state index contributed by atoms with van der Waals surface area (Å²) in [6, 6.07) is 0.433. The molecule has 0 rings (SSSR count). The maximum absolute atomic E-state index is 4.31. The third-order valence-corrected chi connectivity index (χ3v) is 2.43. The smallest absolute Gasteiger partial charge is 0.129 e. The summed E-state index contributed by atoms with van der Waals surface area (Å²) in [6.07, 6.45) is 5.27. The molecule has 0 unspecified atom stereocenters. The Morgan fingerprint density at radius 3 is 2.43 bits per heavy atom. The van der Waals surface area contributed by atoms with Crippen molar-refractivity contribution < 1.29 is 0 Å². The van der Waals surface area contributed by atoms with E-state index in [-0.39, 0.29) is 0 Å². The topological polar surface area (TPSA) is 12.4 Å². The second-order valence-electron chi connectivity index (χ2n) is 4.87. The zero-order valence-electron chi connectivity index (χ0n) is 10.2. The maximum atomic E-state index is 4.31. The van der Waals surface area contributed by atoms with E-state index in [1.807, 2.05) is 6.21 Å². The quantitative estimate of drug-likeness (QED) is 0.291. The van der Waals surface area contributed by atoms with Crippen LogP contribution in [0.3, 0.4) is 0 Å². The van der Waals surface area contributed by atoms with Gasteiger partial charge in [0.1, 0.15) is 8.07 Å². The highest BCUT2D eigenvalue weighted by atomic mass is 28.3. The summed E-state index contributed by atoms with van der Waals surface area (Å²) in [5.74, 6) is 3.26. The average Bonchev–Trinajstić information content (AvgIpc) is 2.00. The van der Waals surface area contributed by atoms with E-state index >= 15 is 0 Å². The molecule has 0 amide bonds. The van der Waals surface area contributed by atoms with Crippen molar-refractivity contribution in [3.63, 3.8) is 0 Å². The van der Waals surface area contributed by atoms with Crippen molar-refractivity contribution in [2.75, 3.05) is 0 Å². The molecule has 0 spiro atoms. The van der Waals surface area contributed by atoms with Gasteiger partial charge in [0, 0.05) is 12.5 Å². The predicted molar refractivity (Wildman–Crippen MR) is 68.6 cm³/mol. The Balaban J connectivity index is 3.51. The average molecular weight is 209 g/mol. The van der Waals surface area contributed by atoms with Crippen molar-refractivity contribution in [3.05, 3.63) is 0 Å². The second kappa shape index (κ2) is 6.84. The molecule has 0 bridgehead atoms. The van der Waals surface area contributed by atoms with Crippen LogP contribution in [0.4, 0.5) is 0 Å². The first-order valence-corrected chi connectivity index (χ1v) is 8.93. The van der Waals surface area contributed by atoms with Crippen LogP contribution in [0.2, 0.25) is 19.6 Å². The Morgan fingerprint density at radius 1 is 1.29 bits per heavy atom. The molecule has 0 aliphatic heterocycles. The van der Waals surface area contributed by atoms with Crippen LogP contribution in [-0.4, -0.2) is 20.3 Å². The van der Waals surface area contributed by atoms with Gasteiger partial charge < -0.3 is 0 Å². The molecule has 80 valence electrons.